The number of nitrogens with one attached hydrogen (secondary N) is 2. The van der Waals surface area contributed by atoms with E-state index in [9.17, 15) is 0 Å². The highest BCUT2D eigenvalue weighted by Gasteiger charge is 2.29. The summed E-state index contributed by atoms with van der Waals surface area (Å²) < 4.78 is 5.76. The lowest BCUT2D eigenvalue weighted by molar-refractivity contribution is 0.0243. The molecule has 0 radical (unpaired) electrons. The lowest BCUT2D eigenvalue weighted by atomic mass is 10.0. The van der Waals surface area contributed by atoms with Gasteiger partial charge in [0.2, 0.25) is 0 Å². The molecule has 2 N–H and O–H groups in total. The summed E-state index contributed by atoms with van der Waals surface area (Å²) in [4.78, 5) is 8.60. The molecular weight excluding hydrogens is 252 g/mol. The molecule has 1 unspecified atom stereocenters. The van der Waals surface area contributed by atoms with Crippen molar-refractivity contribution < 1.29 is 4.74 Å². The SMILES string of the molecule is CN=C(NCc1ncccc1C)NCC1(C)CCCO1. The number of guanidine groups is 1. The van der Waals surface area contributed by atoms with Crippen molar-refractivity contribution in [2.45, 2.75) is 38.8 Å². The van der Waals surface area contributed by atoms with Gasteiger partial charge in [-0.3, -0.25) is 9.98 Å². The highest BCUT2D eigenvalue weighted by atomic mass is 16.5. The fourth-order valence-corrected chi connectivity index (χ4v) is 2.34. The minimum atomic E-state index is -0.0709. The van der Waals surface area contributed by atoms with Crippen molar-refractivity contribution in [1.82, 2.24) is 15.6 Å². The fourth-order valence-electron chi connectivity index (χ4n) is 2.34. The second-order valence-corrected chi connectivity index (χ2v) is 5.45. The molecule has 1 aromatic rings. The predicted octanol–water partition coefficient (Wildman–Crippen LogP) is 1.62. The van der Waals surface area contributed by atoms with E-state index in [4.69, 9.17) is 4.74 Å². The van der Waals surface area contributed by atoms with Gasteiger partial charge in [-0.15, -0.1) is 0 Å². The van der Waals surface area contributed by atoms with Gasteiger partial charge in [-0.2, -0.15) is 0 Å². The van der Waals surface area contributed by atoms with Crippen molar-refractivity contribution in [1.29, 1.82) is 0 Å². The van der Waals surface area contributed by atoms with Crippen LogP contribution in [0.5, 0.6) is 0 Å². The number of hydrogen-bond acceptors (Lipinski definition) is 3. The number of aliphatic imine (C=N–C) groups is 1. The Kier molecular flexibility index (Phi) is 4.95. The largest absolute Gasteiger partial charge is 0.373 e. The van der Waals surface area contributed by atoms with E-state index >= 15 is 0 Å². The molecule has 0 amide bonds. The third-order valence-electron chi connectivity index (χ3n) is 3.69. The molecule has 0 aliphatic carbocycles. The van der Waals surface area contributed by atoms with Gasteiger partial charge in [-0.1, -0.05) is 6.07 Å². The number of nitrogens with zero attached hydrogens (tertiary/aromatic N) is 2. The zero-order chi connectivity index (χ0) is 14.4. The smallest absolute Gasteiger partial charge is 0.191 e. The second-order valence-electron chi connectivity index (χ2n) is 5.45. The highest BCUT2D eigenvalue weighted by molar-refractivity contribution is 5.79. The Morgan fingerprint density at radius 3 is 3.00 bits per heavy atom. The van der Waals surface area contributed by atoms with Crippen molar-refractivity contribution in [3.63, 3.8) is 0 Å². The van der Waals surface area contributed by atoms with E-state index in [0.717, 1.165) is 37.6 Å². The summed E-state index contributed by atoms with van der Waals surface area (Å²) in [6.45, 7) is 6.51. The Morgan fingerprint density at radius 1 is 1.50 bits per heavy atom. The summed E-state index contributed by atoms with van der Waals surface area (Å²) in [5.41, 5.74) is 2.15. The third-order valence-corrected chi connectivity index (χ3v) is 3.69. The molecule has 1 aromatic heterocycles. The van der Waals surface area contributed by atoms with Gasteiger partial charge in [0.1, 0.15) is 0 Å². The van der Waals surface area contributed by atoms with Gasteiger partial charge < -0.3 is 15.4 Å². The Balaban J connectivity index is 1.82. The van der Waals surface area contributed by atoms with Crippen LogP contribution in [-0.4, -0.2) is 36.7 Å². The van der Waals surface area contributed by atoms with E-state index in [1.807, 2.05) is 12.3 Å². The molecule has 1 aliphatic rings. The second kappa shape index (κ2) is 6.70. The van der Waals surface area contributed by atoms with E-state index in [0.29, 0.717) is 6.54 Å². The van der Waals surface area contributed by atoms with Gasteiger partial charge in [-0.25, -0.2) is 0 Å². The Labute approximate surface area is 120 Å². The molecule has 2 heterocycles. The molecule has 2 rings (SSSR count). The molecule has 110 valence electrons. The van der Waals surface area contributed by atoms with Crippen molar-refractivity contribution in [2.24, 2.45) is 4.99 Å². The minimum absolute atomic E-state index is 0.0709. The van der Waals surface area contributed by atoms with Gasteiger partial charge >= 0.3 is 0 Å². The van der Waals surface area contributed by atoms with Crippen LogP contribution in [0, 0.1) is 6.92 Å². The van der Waals surface area contributed by atoms with Gasteiger partial charge in [0.15, 0.2) is 5.96 Å². The van der Waals surface area contributed by atoms with Crippen LogP contribution in [0.3, 0.4) is 0 Å². The number of rotatable bonds is 4. The molecule has 0 saturated carbocycles. The lowest BCUT2D eigenvalue weighted by Crippen LogP contribution is -2.45. The zero-order valence-electron chi connectivity index (χ0n) is 12.6. The Hall–Kier alpha value is -1.62. The van der Waals surface area contributed by atoms with E-state index in [2.05, 4.69) is 40.5 Å². The number of pyridine rings is 1. The molecule has 5 nitrogen and oxygen atoms in total. The first-order chi connectivity index (χ1) is 9.63. The van der Waals surface area contributed by atoms with Crippen molar-refractivity contribution in [3.8, 4) is 0 Å². The maximum absolute atomic E-state index is 5.76. The number of hydrogen-bond donors (Lipinski definition) is 2. The molecule has 1 fully saturated rings. The molecule has 1 saturated heterocycles. The minimum Gasteiger partial charge on any atom is -0.373 e. The van der Waals surface area contributed by atoms with Gasteiger partial charge in [0.25, 0.3) is 0 Å². The van der Waals surface area contributed by atoms with E-state index < -0.39 is 0 Å². The molecule has 1 atom stereocenters. The van der Waals surface area contributed by atoms with E-state index in [1.54, 1.807) is 7.05 Å². The van der Waals surface area contributed by atoms with Crippen LogP contribution in [0.4, 0.5) is 0 Å². The molecule has 0 bridgehead atoms. The van der Waals surface area contributed by atoms with Crippen LogP contribution in [-0.2, 0) is 11.3 Å². The molecule has 0 aromatic carbocycles. The van der Waals surface area contributed by atoms with E-state index in [1.165, 1.54) is 5.56 Å². The number of ether oxygens (including phenoxy) is 1. The molecule has 5 heteroatoms. The summed E-state index contributed by atoms with van der Waals surface area (Å²) in [6.07, 6.45) is 4.04. The van der Waals surface area contributed by atoms with Gasteiger partial charge in [-0.05, 0) is 38.3 Å². The predicted molar refractivity (Wildman–Crippen MR) is 80.8 cm³/mol. The first-order valence-electron chi connectivity index (χ1n) is 7.12. The molecule has 0 spiro atoms. The topological polar surface area (TPSA) is 58.5 Å². The maximum Gasteiger partial charge on any atom is 0.191 e. The summed E-state index contributed by atoms with van der Waals surface area (Å²) in [5, 5.41) is 6.62. The molecule has 1 aliphatic heterocycles. The Bertz CT molecular complexity index is 467. The standard InChI is InChI=1S/C15H24N4O/c1-12-6-4-8-17-13(12)10-18-14(16-3)19-11-15(2)7-5-9-20-15/h4,6,8H,5,7,9-11H2,1-3H3,(H2,16,18,19). The van der Waals surface area contributed by atoms with Crippen molar-refractivity contribution in [2.75, 3.05) is 20.2 Å². The van der Waals surface area contributed by atoms with Gasteiger partial charge in [0.05, 0.1) is 17.8 Å². The van der Waals surface area contributed by atoms with Crippen LogP contribution >= 0.6 is 0 Å². The summed E-state index contributed by atoms with van der Waals surface area (Å²) in [5.74, 6) is 0.784. The van der Waals surface area contributed by atoms with Crippen LogP contribution < -0.4 is 10.6 Å². The zero-order valence-corrected chi connectivity index (χ0v) is 12.6. The first-order valence-corrected chi connectivity index (χ1v) is 7.12. The quantitative estimate of drug-likeness (QED) is 0.648. The van der Waals surface area contributed by atoms with Gasteiger partial charge in [0, 0.05) is 26.4 Å². The Morgan fingerprint density at radius 2 is 2.35 bits per heavy atom. The summed E-state index contributed by atoms with van der Waals surface area (Å²) >= 11 is 0. The normalized spacial score (nSPS) is 22.9. The van der Waals surface area contributed by atoms with Crippen LogP contribution in [0.1, 0.15) is 31.0 Å². The van der Waals surface area contributed by atoms with Crippen LogP contribution in [0.15, 0.2) is 23.3 Å². The lowest BCUT2D eigenvalue weighted by Gasteiger charge is -2.24. The fraction of sp³-hybridized carbons (Fsp3) is 0.600. The summed E-state index contributed by atoms with van der Waals surface area (Å²) in [6, 6.07) is 4.01. The monoisotopic (exact) mass is 276 g/mol. The molecular formula is C15H24N4O. The van der Waals surface area contributed by atoms with Crippen molar-refractivity contribution in [3.05, 3.63) is 29.6 Å². The maximum atomic E-state index is 5.76. The first kappa shape index (κ1) is 14.8. The van der Waals surface area contributed by atoms with Crippen molar-refractivity contribution >= 4 is 5.96 Å². The van der Waals surface area contributed by atoms with E-state index in [-0.39, 0.29) is 5.60 Å². The highest BCUT2D eigenvalue weighted by Crippen LogP contribution is 2.23. The summed E-state index contributed by atoms with van der Waals surface area (Å²) in [7, 11) is 1.78. The van der Waals surface area contributed by atoms with Crippen LogP contribution in [0.25, 0.3) is 0 Å². The third kappa shape index (κ3) is 3.93. The molecule has 20 heavy (non-hydrogen) atoms. The average molecular weight is 276 g/mol. The number of aromatic nitrogens is 1. The number of aryl methyl sites for hydroxylation is 1. The van der Waals surface area contributed by atoms with Crippen LogP contribution in [0.2, 0.25) is 0 Å². The average Bonchev–Trinajstić information content (AvgIpc) is 2.88.